The van der Waals surface area contributed by atoms with Crippen molar-refractivity contribution in [2.45, 2.75) is 38.0 Å². The molecule has 2 aromatic carbocycles. The molecule has 7 heteroatoms. The van der Waals surface area contributed by atoms with Crippen molar-refractivity contribution in [3.8, 4) is 28.6 Å². The fraction of sp³-hybridized carbons (Fsp3) is 0.300. The number of aromatic nitrogens is 3. The van der Waals surface area contributed by atoms with Gasteiger partial charge in [-0.3, -0.25) is 9.47 Å². The summed E-state index contributed by atoms with van der Waals surface area (Å²) in [5.41, 5.74) is 4.73. The predicted octanol–water partition coefficient (Wildman–Crippen LogP) is 3.70. The summed E-state index contributed by atoms with van der Waals surface area (Å²) >= 11 is 4.47. The predicted molar refractivity (Wildman–Crippen MR) is 107 cm³/mol. The Balaban J connectivity index is 1.87. The zero-order chi connectivity index (χ0) is 19.3. The Labute approximate surface area is 163 Å². The number of nitrogens with zero attached hydrogens (tertiary/aromatic N) is 4. The fourth-order valence-corrected chi connectivity index (χ4v) is 3.87. The molecule has 0 amide bonds. The van der Waals surface area contributed by atoms with Crippen molar-refractivity contribution in [3.63, 3.8) is 0 Å². The Morgan fingerprint density at radius 3 is 2.48 bits per heavy atom. The molecule has 1 aromatic heterocycles. The van der Waals surface area contributed by atoms with Gasteiger partial charge in [0, 0.05) is 19.2 Å². The summed E-state index contributed by atoms with van der Waals surface area (Å²) in [7, 11) is 2.09. The summed E-state index contributed by atoms with van der Waals surface area (Å²) in [6, 6.07) is 9.38. The quantitative estimate of drug-likeness (QED) is 0.602. The number of hydrogen-bond donors (Lipinski definition) is 3. The average molecular weight is 382 g/mol. The van der Waals surface area contributed by atoms with E-state index in [2.05, 4.69) is 46.9 Å². The first kappa shape index (κ1) is 17.9. The number of hydrogen-bond acceptors (Lipinski definition) is 6. The minimum absolute atomic E-state index is 0.0419. The van der Waals surface area contributed by atoms with E-state index in [9.17, 15) is 10.2 Å². The molecule has 1 aliphatic rings. The van der Waals surface area contributed by atoms with Gasteiger partial charge in [-0.15, -0.1) is 22.8 Å². The standard InChI is InChI=1S/C20H22N4O2S/c1-11(2)15-7-16(18(26)8-17(15)25)19-21-22-20(27)24(19)14-5-4-12-9-23(3)10-13(12)6-14/h4-8,11,25-26H,9-10H2,1-3H3,(H,22,27). The molecule has 0 atom stereocenters. The van der Waals surface area contributed by atoms with Crippen LogP contribution in [0.5, 0.6) is 11.5 Å². The maximum Gasteiger partial charge on any atom is 0.193 e. The number of phenols is 2. The second-order valence-electron chi connectivity index (χ2n) is 7.37. The Hall–Kier alpha value is -2.51. The van der Waals surface area contributed by atoms with Crippen LogP contribution in [0.25, 0.3) is 17.1 Å². The number of benzene rings is 2. The van der Waals surface area contributed by atoms with E-state index in [0.717, 1.165) is 24.3 Å². The first-order chi connectivity index (χ1) is 12.8. The maximum absolute atomic E-state index is 10.4. The van der Waals surface area contributed by atoms with Crippen LogP contribution in [0.3, 0.4) is 0 Å². The third kappa shape index (κ3) is 3.07. The van der Waals surface area contributed by atoms with Crippen LogP contribution in [0.2, 0.25) is 0 Å². The van der Waals surface area contributed by atoms with Gasteiger partial charge in [0.15, 0.2) is 11.0 Å². The molecule has 0 aliphatic carbocycles. The van der Waals surface area contributed by atoms with Crippen molar-refractivity contribution >= 4 is 12.6 Å². The molecule has 0 saturated carbocycles. The second kappa shape index (κ2) is 6.58. The number of rotatable bonds is 3. The zero-order valence-corrected chi connectivity index (χ0v) is 16.4. The Morgan fingerprint density at radius 2 is 1.74 bits per heavy atom. The first-order valence-electron chi connectivity index (χ1n) is 8.86. The molecule has 4 rings (SSSR count). The van der Waals surface area contributed by atoms with Crippen molar-refractivity contribution in [2.75, 3.05) is 7.05 Å². The molecule has 0 spiro atoms. The molecule has 1 aliphatic heterocycles. The van der Waals surface area contributed by atoms with Gasteiger partial charge in [-0.1, -0.05) is 19.9 Å². The number of phenolic OH excluding ortho intramolecular Hbond substituents is 2. The summed E-state index contributed by atoms with van der Waals surface area (Å²) in [5, 5.41) is 29.4. The van der Waals surface area contributed by atoms with E-state index >= 15 is 0 Å². The fourth-order valence-electron chi connectivity index (χ4n) is 3.61. The molecule has 0 fully saturated rings. The molecular weight excluding hydrogens is 360 g/mol. The Morgan fingerprint density at radius 1 is 1.00 bits per heavy atom. The minimum Gasteiger partial charge on any atom is -0.508 e. The number of aromatic hydroxyl groups is 2. The maximum atomic E-state index is 10.4. The van der Waals surface area contributed by atoms with Crippen LogP contribution >= 0.6 is 12.6 Å². The van der Waals surface area contributed by atoms with E-state index in [1.165, 1.54) is 17.2 Å². The number of fused-ring (bicyclic) bond motifs is 1. The number of thiol groups is 1. The van der Waals surface area contributed by atoms with Crippen molar-refractivity contribution in [3.05, 3.63) is 47.0 Å². The second-order valence-corrected chi connectivity index (χ2v) is 7.77. The zero-order valence-electron chi connectivity index (χ0n) is 15.5. The molecule has 3 aromatic rings. The SMILES string of the molecule is CC(C)c1cc(-c2nnc(S)n2-c2ccc3c(c2)CN(C)C3)c(O)cc1O. The molecule has 0 bridgehead atoms. The van der Waals surface area contributed by atoms with Gasteiger partial charge in [-0.25, -0.2) is 0 Å². The van der Waals surface area contributed by atoms with E-state index in [1.807, 2.05) is 24.5 Å². The van der Waals surface area contributed by atoms with Crippen LogP contribution < -0.4 is 0 Å². The van der Waals surface area contributed by atoms with Crippen molar-refractivity contribution in [2.24, 2.45) is 0 Å². The molecule has 2 heterocycles. The molecule has 2 N–H and O–H groups in total. The lowest BCUT2D eigenvalue weighted by atomic mass is 9.98. The van der Waals surface area contributed by atoms with Crippen molar-refractivity contribution in [1.29, 1.82) is 0 Å². The summed E-state index contributed by atoms with van der Waals surface area (Å²) in [4.78, 5) is 2.25. The first-order valence-corrected chi connectivity index (χ1v) is 9.31. The monoisotopic (exact) mass is 382 g/mol. The summed E-state index contributed by atoms with van der Waals surface area (Å²) < 4.78 is 1.82. The highest BCUT2D eigenvalue weighted by atomic mass is 32.1. The average Bonchev–Trinajstić information content (AvgIpc) is 3.15. The third-order valence-electron chi connectivity index (χ3n) is 4.98. The summed E-state index contributed by atoms with van der Waals surface area (Å²) in [5.74, 6) is 0.626. The molecule has 0 saturated heterocycles. The van der Waals surface area contributed by atoms with Crippen LogP contribution in [-0.4, -0.2) is 36.9 Å². The largest absolute Gasteiger partial charge is 0.508 e. The van der Waals surface area contributed by atoms with E-state index in [0.29, 0.717) is 16.5 Å². The third-order valence-corrected chi connectivity index (χ3v) is 5.27. The summed E-state index contributed by atoms with van der Waals surface area (Å²) in [6.07, 6.45) is 0. The van der Waals surface area contributed by atoms with Gasteiger partial charge in [0.1, 0.15) is 11.5 Å². The molecule has 140 valence electrons. The topological polar surface area (TPSA) is 74.4 Å². The lowest BCUT2D eigenvalue weighted by Crippen LogP contribution is -2.07. The van der Waals surface area contributed by atoms with E-state index in [-0.39, 0.29) is 17.4 Å². The lowest BCUT2D eigenvalue weighted by Gasteiger charge is -2.14. The normalized spacial score (nSPS) is 14.1. The Kier molecular flexibility index (Phi) is 4.36. The summed E-state index contributed by atoms with van der Waals surface area (Å²) in [6.45, 7) is 5.81. The van der Waals surface area contributed by atoms with Gasteiger partial charge in [0.25, 0.3) is 0 Å². The van der Waals surface area contributed by atoms with Gasteiger partial charge in [0.05, 0.1) is 11.3 Å². The molecular formula is C20H22N4O2S. The minimum atomic E-state index is -0.0419. The Bertz CT molecular complexity index is 1030. The molecule has 6 nitrogen and oxygen atoms in total. The van der Waals surface area contributed by atoms with Gasteiger partial charge in [-0.05, 0) is 47.9 Å². The van der Waals surface area contributed by atoms with Crippen LogP contribution in [0.4, 0.5) is 0 Å². The van der Waals surface area contributed by atoms with Crippen molar-refractivity contribution < 1.29 is 10.2 Å². The van der Waals surface area contributed by atoms with Crippen molar-refractivity contribution in [1.82, 2.24) is 19.7 Å². The van der Waals surface area contributed by atoms with Crippen LogP contribution in [-0.2, 0) is 13.1 Å². The molecule has 27 heavy (non-hydrogen) atoms. The van der Waals surface area contributed by atoms with Crippen LogP contribution in [0, 0.1) is 0 Å². The lowest BCUT2D eigenvalue weighted by molar-refractivity contribution is 0.353. The van der Waals surface area contributed by atoms with Crippen LogP contribution in [0.1, 0.15) is 36.5 Å². The molecule has 0 unspecified atom stereocenters. The highest BCUT2D eigenvalue weighted by molar-refractivity contribution is 7.80. The smallest absolute Gasteiger partial charge is 0.193 e. The van der Waals surface area contributed by atoms with Gasteiger partial charge >= 0.3 is 0 Å². The molecule has 0 radical (unpaired) electrons. The van der Waals surface area contributed by atoms with E-state index < -0.39 is 0 Å². The van der Waals surface area contributed by atoms with Crippen LogP contribution in [0.15, 0.2) is 35.5 Å². The van der Waals surface area contributed by atoms with Gasteiger partial charge < -0.3 is 10.2 Å². The highest BCUT2D eigenvalue weighted by Gasteiger charge is 2.22. The van der Waals surface area contributed by atoms with E-state index in [1.54, 1.807) is 6.07 Å². The van der Waals surface area contributed by atoms with Gasteiger partial charge in [-0.2, -0.15) is 0 Å². The highest BCUT2D eigenvalue weighted by Crippen LogP contribution is 2.38. The van der Waals surface area contributed by atoms with Gasteiger partial charge in [0.2, 0.25) is 0 Å². The van der Waals surface area contributed by atoms with E-state index in [4.69, 9.17) is 0 Å².